The Kier molecular flexibility index (Phi) is 7.27. The van der Waals surface area contributed by atoms with Gasteiger partial charge in [0, 0.05) is 21.4 Å². The Balaban J connectivity index is 1.29. The second-order valence-corrected chi connectivity index (χ2v) is 9.23. The summed E-state index contributed by atoms with van der Waals surface area (Å²) >= 11 is 7.67. The van der Waals surface area contributed by atoms with Crippen LogP contribution in [0, 0.1) is 5.92 Å². The van der Waals surface area contributed by atoms with Gasteiger partial charge < -0.3 is 9.84 Å². The van der Waals surface area contributed by atoms with E-state index in [1.54, 1.807) is 11.8 Å². The third-order valence-corrected chi connectivity index (χ3v) is 6.54. The number of likely N-dealkylation sites (tertiary alicyclic amines) is 1. The first kappa shape index (κ1) is 21.9. The van der Waals surface area contributed by atoms with Gasteiger partial charge in [-0.2, -0.15) is 4.98 Å². The van der Waals surface area contributed by atoms with Crippen molar-refractivity contribution in [3.8, 4) is 11.4 Å². The Morgan fingerprint density at radius 2 is 1.94 bits per heavy atom. The van der Waals surface area contributed by atoms with E-state index >= 15 is 0 Å². The van der Waals surface area contributed by atoms with Crippen molar-refractivity contribution < 1.29 is 9.32 Å². The van der Waals surface area contributed by atoms with E-state index in [1.807, 2.05) is 42.5 Å². The lowest BCUT2D eigenvalue weighted by molar-refractivity contribution is -0.121. The van der Waals surface area contributed by atoms with Crippen LogP contribution in [0.5, 0.6) is 0 Å². The molecule has 0 spiro atoms. The number of hydrogen-bond acceptors (Lipinski definition) is 6. The molecular formula is C23H25ClN4O2S. The van der Waals surface area contributed by atoms with Crippen molar-refractivity contribution in [3.05, 3.63) is 59.4 Å². The zero-order valence-corrected chi connectivity index (χ0v) is 19.0. The van der Waals surface area contributed by atoms with Crippen LogP contribution in [0.1, 0.15) is 25.7 Å². The number of anilines is 1. The lowest BCUT2D eigenvalue weighted by Gasteiger charge is -2.30. The molecular weight excluding hydrogens is 432 g/mol. The number of halogens is 1. The smallest absolute Gasteiger partial charge is 0.241 e. The first-order valence-electron chi connectivity index (χ1n) is 10.5. The minimum atomic E-state index is 0.0169. The summed E-state index contributed by atoms with van der Waals surface area (Å²) in [5.41, 5.74) is 1.78. The number of rotatable bonds is 7. The van der Waals surface area contributed by atoms with Gasteiger partial charge in [-0.1, -0.05) is 35.8 Å². The molecule has 2 aromatic carbocycles. The molecule has 4 rings (SSSR count). The number of carbonyl (C=O) groups excluding carboxylic acids is 1. The van der Waals surface area contributed by atoms with Gasteiger partial charge in [0.15, 0.2) is 0 Å². The average Bonchev–Trinajstić information content (AvgIpc) is 3.25. The number of amides is 1. The third-order valence-electron chi connectivity index (χ3n) is 5.33. The third kappa shape index (κ3) is 5.67. The monoisotopic (exact) mass is 456 g/mol. The van der Waals surface area contributed by atoms with Gasteiger partial charge in [0.05, 0.1) is 12.2 Å². The van der Waals surface area contributed by atoms with Crippen molar-refractivity contribution in [2.75, 3.05) is 24.2 Å². The van der Waals surface area contributed by atoms with Crippen LogP contribution in [0.4, 0.5) is 5.69 Å². The van der Waals surface area contributed by atoms with Crippen LogP contribution in [0.15, 0.2) is 57.9 Å². The lowest BCUT2D eigenvalue weighted by atomic mass is 9.96. The highest BCUT2D eigenvalue weighted by Gasteiger charge is 2.26. The molecule has 3 aromatic rings. The van der Waals surface area contributed by atoms with Crippen molar-refractivity contribution in [1.82, 2.24) is 15.0 Å². The number of nitrogens with one attached hydrogen (secondary N) is 1. The number of aromatic nitrogens is 2. The second-order valence-electron chi connectivity index (χ2n) is 7.49. The number of carbonyl (C=O) groups is 1. The highest BCUT2D eigenvalue weighted by Crippen LogP contribution is 2.28. The highest BCUT2D eigenvalue weighted by atomic mass is 35.5. The van der Waals surface area contributed by atoms with Gasteiger partial charge >= 0.3 is 0 Å². The number of hydrogen-bond donors (Lipinski definition) is 1. The summed E-state index contributed by atoms with van der Waals surface area (Å²) in [4.78, 5) is 20.6. The minimum absolute atomic E-state index is 0.0169. The van der Waals surface area contributed by atoms with E-state index in [4.69, 9.17) is 16.1 Å². The number of piperidine rings is 1. The first-order valence-corrected chi connectivity index (χ1v) is 11.8. The van der Waals surface area contributed by atoms with Gasteiger partial charge in [0.2, 0.25) is 17.6 Å². The Morgan fingerprint density at radius 3 is 2.68 bits per heavy atom. The van der Waals surface area contributed by atoms with Crippen molar-refractivity contribution in [2.24, 2.45) is 5.92 Å². The molecule has 8 heteroatoms. The summed E-state index contributed by atoms with van der Waals surface area (Å²) < 4.78 is 5.42. The van der Waals surface area contributed by atoms with Crippen molar-refractivity contribution in [1.29, 1.82) is 0 Å². The van der Waals surface area contributed by atoms with Crippen molar-refractivity contribution in [3.63, 3.8) is 0 Å². The minimum Gasteiger partial charge on any atom is -0.338 e. The molecule has 162 valence electrons. The van der Waals surface area contributed by atoms with Gasteiger partial charge in [-0.15, -0.1) is 11.8 Å². The standard InChI is InChI=1S/C23H25ClN4O2S/c1-2-31-20-6-4-3-5-19(20)25-23(29)17-11-13-28(14-12-17)15-21-26-22(27-30-21)16-7-9-18(24)10-8-16/h3-10,17H,2,11-15H2,1H3,(H,25,29). The highest BCUT2D eigenvalue weighted by molar-refractivity contribution is 7.99. The topological polar surface area (TPSA) is 71.3 Å². The fourth-order valence-electron chi connectivity index (χ4n) is 3.67. The van der Waals surface area contributed by atoms with Crippen LogP contribution in [-0.4, -0.2) is 39.8 Å². The average molecular weight is 457 g/mol. The van der Waals surface area contributed by atoms with Crippen LogP contribution < -0.4 is 5.32 Å². The number of thioether (sulfide) groups is 1. The molecule has 1 aromatic heterocycles. The summed E-state index contributed by atoms with van der Waals surface area (Å²) in [7, 11) is 0. The van der Waals surface area contributed by atoms with Gasteiger partial charge in [-0.3, -0.25) is 9.69 Å². The van der Waals surface area contributed by atoms with E-state index in [2.05, 4.69) is 33.3 Å². The number of benzene rings is 2. The predicted octanol–water partition coefficient (Wildman–Crippen LogP) is 5.35. The molecule has 1 amide bonds. The van der Waals surface area contributed by atoms with Crippen molar-refractivity contribution >= 4 is 35.0 Å². The Hall–Kier alpha value is -2.35. The van der Waals surface area contributed by atoms with Crippen LogP contribution in [0.25, 0.3) is 11.4 Å². The van der Waals surface area contributed by atoms with Crippen molar-refractivity contribution in [2.45, 2.75) is 31.2 Å². The Labute approximate surface area is 191 Å². The Bertz CT molecular complexity index is 1020. The normalized spacial score (nSPS) is 15.2. The van der Waals surface area contributed by atoms with Crippen LogP contribution in [0.2, 0.25) is 5.02 Å². The van der Waals surface area contributed by atoms with E-state index in [0.29, 0.717) is 23.3 Å². The number of para-hydroxylation sites is 1. The zero-order valence-electron chi connectivity index (χ0n) is 17.4. The summed E-state index contributed by atoms with van der Waals surface area (Å²) in [6, 6.07) is 15.3. The SMILES string of the molecule is CCSc1ccccc1NC(=O)C1CCN(Cc2nc(-c3ccc(Cl)cc3)no2)CC1. The van der Waals surface area contributed by atoms with E-state index < -0.39 is 0 Å². The molecule has 0 radical (unpaired) electrons. The molecule has 0 unspecified atom stereocenters. The largest absolute Gasteiger partial charge is 0.338 e. The van der Waals surface area contributed by atoms with E-state index in [9.17, 15) is 4.79 Å². The molecule has 0 bridgehead atoms. The molecule has 0 atom stereocenters. The van der Waals surface area contributed by atoms with Crippen LogP contribution >= 0.6 is 23.4 Å². The second kappa shape index (κ2) is 10.3. The van der Waals surface area contributed by atoms with Gasteiger partial charge in [0.25, 0.3) is 0 Å². The molecule has 1 aliphatic rings. The Morgan fingerprint density at radius 1 is 1.19 bits per heavy atom. The maximum absolute atomic E-state index is 12.8. The molecule has 31 heavy (non-hydrogen) atoms. The maximum Gasteiger partial charge on any atom is 0.241 e. The predicted molar refractivity (Wildman–Crippen MR) is 124 cm³/mol. The fourth-order valence-corrected chi connectivity index (χ4v) is 4.55. The molecule has 1 aliphatic heterocycles. The summed E-state index contributed by atoms with van der Waals surface area (Å²) in [5, 5.41) is 7.87. The maximum atomic E-state index is 12.8. The molecule has 0 aliphatic carbocycles. The van der Waals surface area contributed by atoms with Gasteiger partial charge in [-0.25, -0.2) is 0 Å². The van der Waals surface area contributed by atoms with Gasteiger partial charge in [-0.05, 0) is 68.1 Å². The molecule has 6 nitrogen and oxygen atoms in total. The van der Waals surface area contributed by atoms with E-state index in [1.165, 1.54) is 0 Å². The lowest BCUT2D eigenvalue weighted by Crippen LogP contribution is -2.37. The summed E-state index contributed by atoms with van der Waals surface area (Å²) in [5.74, 6) is 2.23. The van der Waals surface area contributed by atoms with Crippen LogP contribution in [-0.2, 0) is 11.3 Å². The quantitative estimate of drug-likeness (QED) is 0.483. The molecule has 1 N–H and O–H groups in total. The van der Waals surface area contributed by atoms with E-state index in [-0.39, 0.29) is 11.8 Å². The number of nitrogens with zero attached hydrogens (tertiary/aromatic N) is 3. The summed E-state index contributed by atoms with van der Waals surface area (Å²) in [6.07, 6.45) is 1.63. The van der Waals surface area contributed by atoms with Gasteiger partial charge in [0.1, 0.15) is 0 Å². The molecule has 2 heterocycles. The van der Waals surface area contributed by atoms with E-state index in [0.717, 1.165) is 47.8 Å². The molecule has 0 saturated carbocycles. The summed E-state index contributed by atoms with van der Waals surface area (Å²) in [6.45, 7) is 4.34. The molecule has 1 fully saturated rings. The van der Waals surface area contributed by atoms with Crippen LogP contribution in [0.3, 0.4) is 0 Å². The molecule has 1 saturated heterocycles. The first-order chi connectivity index (χ1) is 15.1. The zero-order chi connectivity index (χ0) is 21.6. The fraction of sp³-hybridized carbons (Fsp3) is 0.348.